The van der Waals surface area contributed by atoms with E-state index in [1.54, 1.807) is 0 Å². The van der Waals surface area contributed by atoms with Crippen LogP contribution in [0.3, 0.4) is 0 Å². The highest BCUT2D eigenvalue weighted by Gasteiger charge is 2.60. The number of unbranched alkanes of at least 4 members (excludes halogenated alkanes) is 1. The van der Waals surface area contributed by atoms with Gasteiger partial charge >= 0.3 is 11.9 Å². The zero-order valence-corrected chi connectivity index (χ0v) is 13.8. The molecule has 23 heavy (non-hydrogen) atoms. The predicted octanol–water partition coefficient (Wildman–Crippen LogP) is 0.916. The Morgan fingerprint density at radius 3 is 2.30 bits per heavy atom. The average Bonchev–Trinajstić information content (AvgIpc) is 3.43. The minimum Gasteiger partial charge on any atom is -0.371 e. The fraction of sp³-hybridized carbons (Fsp3) is 0.812. The lowest BCUT2D eigenvalue weighted by Gasteiger charge is -2.42. The third-order valence-electron chi connectivity index (χ3n) is 4.89. The summed E-state index contributed by atoms with van der Waals surface area (Å²) in [5.41, 5.74) is 0. The molecule has 3 fully saturated rings. The van der Waals surface area contributed by atoms with Crippen molar-refractivity contribution >= 4 is 17.8 Å². The number of hydrogen-bond acceptors (Lipinski definition) is 5. The molecule has 0 saturated carbocycles. The van der Waals surface area contributed by atoms with E-state index in [9.17, 15) is 14.4 Å². The first-order chi connectivity index (χ1) is 11.0. The zero-order chi connectivity index (χ0) is 16.6. The molecule has 7 heteroatoms. The highest BCUT2D eigenvalue weighted by atomic mass is 16.6. The molecule has 3 aliphatic heterocycles. The summed E-state index contributed by atoms with van der Waals surface area (Å²) in [7, 11) is 0. The molecule has 0 aromatic carbocycles. The van der Waals surface area contributed by atoms with Crippen molar-refractivity contribution in [3.05, 3.63) is 0 Å². The molecule has 4 atom stereocenters. The Hall–Kier alpha value is -1.31. The van der Waals surface area contributed by atoms with Crippen LogP contribution < -0.4 is 0 Å². The molecule has 3 saturated heterocycles. The second-order valence-corrected chi connectivity index (χ2v) is 6.67. The maximum Gasteiger partial charge on any atom is 0.433 e. The number of rotatable bonds is 8. The molecule has 0 aliphatic carbocycles. The van der Waals surface area contributed by atoms with Crippen LogP contribution in [0.25, 0.3) is 0 Å². The smallest absolute Gasteiger partial charge is 0.371 e. The van der Waals surface area contributed by atoms with Gasteiger partial charge in [-0.25, -0.2) is 14.5 Å². The second kappa shape index (κ2) is 6.30. The van der Waals surface area contributed by atoms with Gasteiger partial charge in [-0.15, -0.1) is 0 Å². The third kappa shape index (κ3) is 3.05. The third-order valence-corrected chi connectivity index (χ3v) is 4.89. The molecule has 0 N–H and O–H groups in total. The molecule has 0 aromatic heterocycles. The maximum atomic E-state index is 13.1. The first-order valence-electron chi connectivity index (χ1n) is 8.54. The number of urea groups is 1. The summed E-state index contributed by atoms with van der Waals surface area (Å²) in [5, 5.41) is 0. The number of barbiturate groups is 1. The van der Waals surface area contributed by atoms with Gasteiger partial charge in [0, 0.05) is 0 Å². The topological polar surface area (TPSA) is 79.5 Å². The first kappa shape index (κ1) is 16.5. The number of amides is 4. The zero-order valence-electron chi connectivity index (χ0n) is 13.8. The Bertz CT molecular complexity index is 515. The summed E-state index contributed by atoms with van der Waals surface area (Å²) in [5.74, 6) is -1.35. The van der Waals surface area contributed by atoms with Gasteiger partial charge in [-0.3, -0.25) is 4.79 Å². The van der Waals surface area contributed by atoms with Gasteiger partial charge in [0.05, 0.1) is 32.4 Å². The number of epoxide rings is 2. The van der Waals surface area contributed by atoms with Crippen LogP contribution in [0.5, 0.6) is 0 Å². The van der Waals surface area contributed by atoms with E-state index < -0.39 is 5.92 Å². The van der Waals surface area contributed by atoms with E-state index in [1.165, 1.54) is 4.90 Å². The fourth-order valence-electron chi connectivity index (χ4n) is 3.32. The van der Waals surface area contributed by atoms with Crippen LogP contribution in [0.15, 0.2) is 0 Å². The lowest BCUT2D eigenvalue weighted by Crippen LogP contribution is -2.72. The molecule has 3 rings (SSSR count). The SMILES string of the molecule is CCCC[N+]1(CC2CO2)C(=O)C(CC)C(=O)N(CC2CO2)C1=O. The normalized spacial score (nSPS) is 36.5. The molecule has 7 nitrogen and oxygen atoms in total. The Labute approximate surface area is 136 Å². The number of ether oxygens (including phenoxy) is 2. The summed E-state index contributed by atoms with van der Waals surface area (Å²) in [4.78, 5) is 40.0. The maximum absolute atomic E-state index is 13.1. The van der Waals surface area contributed by atoms with Crippen molar-refractivity contribution in [2.24, 2.45) is 5.92 Å². The number of carbonyl (C=O) groups is 3. The average molecular weight is 325 g/mol. The molecule has 4 unspecified atom stereocenters. The van der Waals surface area contributed by atoms with Crippen molar-refractivity contribution in [2.75, 3.05) is 32.8 Å². The van der Waals surface area contributed by atoms with Crippen LogP contribution in [-0.4, -0.2) is 72.3 Å². The van der Waals surface area contributed by atoms with Crippen molar-refractivity contribution in [2.45, 2.75) is 45.3 Å². The van der Waals surface area contributed by atoms with Crippen molar-refractivity contribution in [1.29, 1.82) is 0 Å². The highest BCUT2D eigenvalue weighted by molar-refractivity contribution is 6.10. The van der Waals surface area contributed by atoms with Gasteiger partial charge in [0.1, 0.15) is 12.6 Å². The van der Waals surface area contributed by atoms with Crippen LogP contribution in [0, 0.1) is 5.92 Å². The number of quaternary nitrogens is 1. The Morgan fingerprint density at radius 1 is 1.13 bits per heavy atom. The largest absolute Gasteiger partial charge is 0.433 e. The van der Waals surface area contributed by atoms with Crippen molar-refractivity contribution in [1.82, 2.24) is 4.90 Å². The predicted molar refractivity (Wildman–Crippen MR) is 80.3 cm³/mol. The van der Waals surface area contributed by atoms with Crippen molar-refractivity contribution in [3.8, 4) is 0 Å². The molecule has 0 bridgehead atoms. The van der Waals surface area contributed by atoms with E-state index in [0.29, 0.717) is 32.7 Å². The number of hydrogen-bond donors (Lipinski definition) is 0. The quantitative estimate of drug-likeness (QED) is 0.377. The first-order valence-corrected chi connectivity index (χ1v) is 8.54. The molecular weight excluding hydrogens is 300 g/mol. The van der Waals surface area contributed by atoms with E-state index in [1.807, 2.05) is 13.8 Å². The summed E-state index contributed by atoms with van der Waals surface area (Å²) in [6, 6.07) is -0.385. The lowest BCUT2D eigenvalue weighted by molar-refractivity contribution is -0.782. The molecule has 3 aliphatic rings. The summed E-state index contributed by atoms with van der Waals surface area (Å²) in [6.07, 6.45) is 1.96. The van der Waals surface area contributed by atoms with Gasteiger partial charge < -0.3 is 9.47 Å². The summed E-state index contributed by atoms with van der Waals surface area (Å²) >= 11 is 0. The molecule has 0 aromatic rings. The van der Waals surface area contributed by atoms with Crippen LogP contribution in [0.1, 0.15) is 33.1 Å². The molecule has 0 radical (unpaired) electrons. The fourth-order valence-corrected chi connectivity index (χ4v) is 3.32. The number of carbonyl (C=O) groups excluding carboxylic acids is 3. The molecular formula is C16H25N2O5+. The molecule has 4 amide bonds. The second-order valence-electron chi connectivity index (χ2n) is 6.67. The Balaban J connectivity index is 1.92. The lowest BCUT2D eigenvalue weighted by atomic mass is 9.97. The van der Waals surface area contributed by atoms with Crippen LogP contribution in [0.2, 0.25) is 0 Å². The number of nitrogens with zero attached hydrogens (tertiary/aromatic N) is 2. The molecule has 0 spiro atoms. The van der Waals surface area contributed by atoms with Crippen LogP contribution in [-0.2, 0) is 19.1 Å². The van der Waals surface area contributed by atoms with Crippen LogP contribution in [0.4, 0.5) is 4.79 Å². The molecule has 3 heterocycles. The van der Waals surface area contributed by atoms with Gasteiger partial charge in [-0.2, -0.15) is 4.48 Å². The summed E-state index contributed by atoms with van der Waals surface area (Å²) in [6.45, 7) is 6.07. The number of imide groups is 2. The molecule has 128 valence electrons. The van der Waals surface area contributed by atoms with Gasteiger partial charge in [0.2, 0.25) is 0 Å². The van der Waals surface area contributed by atoms with Crippen LogP contribution >= 0.6 is 0 Å². The van der Waals surface area contributed by atoms with E-state index in [2.05, 4.69) is 0 Å². The van der Waals surface area contributed by atoms with Crippen molar-refractivity contribution < 1.29 is 28.3 Å². The van der Waals surface area contributed by atoms with Gasteiger partial charge in [-0.1, -0.05) is 20.3 Å². The minimum absolute atomic E-state index is 0.0514. The van der Waals surface area contributed by atoms with Crippen molar-refractivity contribution in [3.63, 3.8) is 0 Å². The standard InChI is InChI=1S/C16H25N2O5/c1-3-5-6-18(8-12-10-23-12)15(20)13(4-2)14(19)17(16(18)21)7-11-9-22-11/h11-13H,3-10H2,1-2H3/q+1. The Morgan fingerprint density at radius 2 is 1.78 bits per heavy atom. The highest BCUT2D eigenvalue weighted by Crippen LogP contribution is 2.32. The van der Waals surface area contributed by atoms with E-state index in [-0.39, 0.29) is 41.1 Å². The minimum atomic E-state index is -0.734. The monoisotopic (exact) mass is 325 g/mol. The van der Waals surface area contributed by atoms with Gasteiger partial charge in [0.25, 0.3) is 5.91 Å². The van der Waals surface area contributed by atoms with Gasteiger partial charge in [0.15, 0.2) is 5.92 Å². The summed E-state index contributed by atoms with van der Waals surface area (Å²) < 4.78 is 10.2. The van der Waals surface area contributed by atoms with E-state index >= 15 is 0 Å². The van der Waals surface area contributed by atoms with Gasteiger partial charge in [-0.05, 0) is 12.8 Å². The Kier molecular flexibility index (Phi) is 4.53. The van der Waals surface area contributed by atoms with E-state index in [0.717, 1.165) is 12.8 Å². The van der Waals surface area contributed by atoms with E-state index in [4.69, 9.17) is 9.47 Å².